The minimum Gasteiger partial charge on any atom is -0.383 e. The van der Waals surface area contributed by atoms with Crippen molar-refractivity contribution < 1.29 is 4.79 Å². The monoisotopic (exact) mass is 266 g/mol. The summed E-state index contributed by atoms with van der Waals surface area (Å²) in [6.45, 7) is 5.02. The third kappa shape index (κ3) is 2.05. The summed E-state index contributed by atoms with van der Waals surface area (Å²) in [5, 5.41) is 1.23. The van der Waals surface area contributed by atoms with Gasteiger partial charge in [-0.3, -0.25) is 4.79 Å². The number of nitrogen functional groups attached to an aromatic ring is 1. The molecule has 0 radical (unpaired) electrons. The molecule has 1 aliphatic heterocycles. The molecule has 18 heavy (non-hydrogen) atoms. The Hall–Kier alpha value is -1.30. The Morgan fingerprint density at radius 3 is 2.56 bits per heavy atom. The Morgan fingerprint density at radius 1 is 1.33 bits per heavy atom. The fourth-order valence-electron chi connectivity index (χ4n) is 2.51. The number of amides is 1. The molecule has 1 saturated heterocycles. The van der Waals surface area contributed by atoms with Gasteiger partial charge in [-0.05, 0) is 30.3 Å². The van der Waals surface area contributed by atoms with Gasteiger partial charge in [0, 0.05) is 38.7 Å². The van der Waals surface area contributed by atoms with Crippen LogP contribution in [0.25, 0.3) is 0 Å². The smallest absolute Gasteiger partial charge is 0.219 e. The molecule has 0 bridgehead atoms. The standard InChI is InChI=1S/C12H18N4OS/c1-8(17)15-4-6-16(7-5-15)12-10(9-2-3-9)11(13)14-18-12/h9H,2-7H2,1H3,(H2,13,14). The lowest BCUT2D eigenvalue weighted by Crippen LogP contribution is -2.48. The molecule has 1 amide bonds. The van der Waals surface area contributed by atoms with Gasteiger partial charge in [-0.25, -0.2) is 0 Å². The molecule has 2 aliphatic rings. The van der Waals surface area contributed by atoms with E-state index >= 15 is 0 Å². The summed E-state index contributed by atoms with van der Waals surface area (Å²) in [6, 6.07) is 0. The van der Waals surface area contributed by atoms with Crippen LogP contribution in [0.5, 0.6) is 0 Å². The summed E-state index contributed by atoms with van der Waals surface area (Å²) >= 11 is 1.51. The molecule has 5 nitrogen and oxygen atoms in total. The van der Waals surface area contributed by atoms with Crippen LogP contribution in [-0.4, -0.2) is 41.4 Å². The van der Waals surface area contributed by atoms with Gasteiger partial charge in [0.2, 0.25) is 5.91 Å². The van der Waals surface area contributed by atoms with Gasteiger partial charge in [-0.15, -0.1) is 0 Å². The number of anilines is 2. The maximum absolute atomic E-state index is 11.3. The fraction of sp³-hybridized carbons (Fsp3) is 0.667. The van der Waals surface area contributed by atoms with Gasteiger partial charge in [-0.2, -0.15) is 4.37 Å². The van der Waals surface area contributed by atoms with Crippen molar-refractivity contribution in [3.05, 3.63) is 5.56 Å². The van der Waals surface area contributed by atoms with Crippen molar-refractivity contribution in [2.24, 2.45) is 0 Å². The molecule has 0 atom stereocenters. The first-order valence-corrected chi connectivity index (χ1v) is 7.19. The van der Waals surface area contributed by atoms with E-state index in [1.54, 1.807) is 6.92 Å². The molecule has 2 heterocycles. The molecule has 98 valence electrons. The Morgan fingerprint density at radius 2 is 2.00 bits per heavy atom. The van der Waals surface area contributed by atoms with E-state index in [1.165, 1.54) is 34.9 Å². The molecular formula is C12H18N4OS. The summed E-state index contributed by atoms with van der Waals surface area (Å²) in [7, 11) is 0. The quantitative estimate of drug-likeness (QED) is 0.875. The van der Waals surface area contributed by atoms with E-state index in [1.807, 2.05) is 4.90 Å². The van der Waals surface area contributed by atoms with Crippen molar-refractivity contribution in [2.45, 2.75) is 25.7 Å². The van der Waals surface area contributed by atoms with Crippen LogP contribution in [0.4, 0.5) is 10.8 Å². The maximum atomic E-state index is 11.3. The van der Waals surface area contributed by atoms with Crippen LogP contribution >= 0.6 is 11.5 Å². The predicted molar refractivity (Wildman–Crippen MR) is 73.0 cm³/mol. The van der Waals surface area contributed by atoms with E-state index in [0.29, 0.717) is 11.7 Å². The number of rotatable bonds is 2. The highest BCUT2D eigenvalue weighted by atomic mass is 32.1. The van der Waals surface area contributed by atoms with Crippen LogP contribution in [0.2, 0.25) is 0 Å². The molecule has 3 rings (SSSR count). The van der Waals surface area contributed by atoms with Gasteiger partial charge in [0.05, 0.1) is 0 Å². The lowest BCUT2D eigenvalue weighted by atomic mass is 10.2. The number of aromatic nitrogens is 1. The molecule has 6 heteroatoms. The highest BCUT2D eigenvalue weighted by molar-refractivity contribution is 7.10. The predicted octanol–water partition coefficient (Wildman–Crippen LogP) is 1.27. The van der Waals surface area contributed by atoms with Gasteiger partial charge in [0.1, 0.15) is 10.8 Å². The molecule has 0 aromatic carbocycles. The molecule has 0 unspecified atom stereocenters. The van der Waals surface area contributed by atoms with Crippen molar-refractivity contribution >= 4 is 28.3 Å². The van der Waals surface area contributed by atoms with Gasteiger partial charge < -0.3 is 15.5 Å². The van der Waals surface area contributed by atoms with Gasteiger partial charge in [0.25, 0.3) is 0 Å². The van der Waals surface area contributed by atoms with Crippen LogP contribution in [0.15, 0.2) is 0 Å². The average molecular weight is 266 g/mol. The largest absolute Gasteiger partial charge is 0.383 e. The highest BCUT2D eigenvalue weighted by Crippen LogP contribution is 2.48. The van der Waals surface area contributed by atoms with Crippen molar-refractivity contribution in [1.82, 2.24) is 9.27 Å². The summed E-state index contributed by atoms with van der Waals surface area (Å²) in [4.78, 5) is 15.5. The topological polar surface area (TPSA) is 62.5 Å². The van der Waals surface area contributed by atoms with E-state index in [9.17, 15) is 4.79 Å². The Balaban J connectivity index is 1.74. The molecule has 0 spiro atoms. The van der Waals surface area contributed by atoms with Crippen molar-refractivity contribution in [2.75, 3.05) is 36.8 Å². The van der Waals surface area contributed by atoms with Crippen molar-refractivity contribution in [1.29, 1.82) is 0 Å². The second-order valence-corrected chi connectivity index (χ2v) is 5.81. The zero-order valence-electron chi connectivity index (χ0n) is 10.6. The molecule has 1 aromatic rings. The summed E-state index contributed by atoms with van der Waals surface area (Å²) in [5.74, 6) is 1.51. The number of carbonyl (C=O) groups excluding carboxylic acids is 1. The summed E-state index contributed by atoms with van der Waals surface area (Å²) in [5.41, 5.74) is 7.23. The first kappa shape index (κ1) is 11.8. The Labute approximate surface area is 111 Å². The molecule has 1 aliphatic carbocycles. The maximum Gasteiger partial charge on any atom is 0.219 e. The second-order valence-electron chi connectivity index (χ2n) is 5.05. The fourth-order valence-corrected chi connectivity index (χ4v) is 3.46. The van der Waals surface area contributed by atoms with Crippen LogP contribution < -0.4 is 10.6 Å². The Bertz CT molecular complexity index is 461. The SMILES string of the molecule is CC(=O)N1CCN(c2snc(N)c2C2CC2)CC1. The number of nitrogens with two attached hydrogens (primary N) is 1. The lowest BCUT2D eigenvalue weighted by molar-refractivity contribution is -0.129. The summed E-state index contributed by atoms with van der Waals surface area (Å²) in [6.07, 6.45) is 2.48. The molecular weight excluding hydrogens is 248 g/mol. The third-order valence-electron chi connectivity index (χ3n) is 3.73. The summed E-state index contributed by atoms with van der Waals surface area (Å²) < 4.78 is 4.30. The minimum absolute atomic E-state index is 0.167. The van der Waals surface area contributed by atoms with Crippen LogP contribution in [-0.2, 0) is 4.79 Å². The van der Waals surface area contributed by atoms with Crippen LogP contribution in [0, 0.1) is 0 Å². The molecule has 2 N–H and O–H groups in total. The number of piperazine rings is 1. The van der Waals surface area contributed by atoms with E-state index in [2.05, 4.69) is 9.27 Å². The van der Waals surface area contributed by atoms with E-state index < -0.39 is 0 Å². The number of hydrogen-bond acceptors (Lipinski definition) is 5. The number of hydrogen-bond donors (Lipinski definition) is 1. The van der Waals surface area contributed by atoms with Gasteiger partial charge >= 0.3 is 0 Å². The molecule has 2 fully saturated rings. The first-order chi connectivity index (χ1) is 8.66. The van der Waals surface area contributed by atoms with Crippen LogP contribution in [0.1, 0.15) is 31.2 Å². The minimum atomic E-state index is 0.167. The normalized spacial score (nSPS) is 20.3. The highest BCUT2D eigenvalue weighted by Gasteiger charge is 2.33. The lowest BCUT2D eigenvalue weighted by Gasteiger charge is -2.35. The second kappa shape index (κ2) is 4.42. The van der Waals surface area contributed by atoms with Crippen molar-refractivity contribution in [3.8, 4) is 0 Å². The average Bonchev–Trinajstić information content (AvgIpc) is 3.13. The van der Waals surface area contributed by atoms with E-state index in [-0.39, 0.29) is 5.91 Å². The first-order valence-electron chi connectivity index (χ1n) is 6.42. The van der Waals surface area contributed by atoms with Gasteiger partial charge in [0.15, 0.2) is 0 Å². The van der Waals surface area contributed by atoms with Gasteiger partial charge in [-0.1, -0.05) is 0 Å². The number of carbonyl (C=O) groups is 1. The number of nitrogens with zero attached hydrogens (tertiary/aromatic N) is 3. The Kier molecular flexibility index (Phi) is 2.89. The van der Waals surface area contributed by atoms with E-state index in [0.717, 1.165) is 26.2 Å². The zero-order chi connectivity index (χ0) is 12.7. The zero-order valence-corrected chi connectivity index (χ0v) is 11.4. The van der Waals surface area contributed by atoms with E-state index in [4.69, 9.17) is 5.73 Å². The van der Waals surface area contributed by atoms with Crippen molar-refractivity contribution in [3.63, 3.8) is 0 Å². The molecule has 1 saturated carbocycles. The van der Waals surface area contributed by atoms with Crippen LogP contribution in [0.3, 0.4) is 0 Å². The molecule has 1 aromatic heterocycles. The third-order valence-corrected chi connectivity index (χ3v) is 4.67.